The molecule has 3 N–H and O–H groups in total. The van der Waals surface area contributed by atoms with E-state index in [0.717, 1.165) is 12.2 Å². The third kappa shape index (κ3) is 3.34. The number of benzene rings is 1. The van der Waals surface area contributed by atoms with Crippen molar-refractivity contribution in [1.29, 1.82) is 0 Å². The normalized spacial score (nSPS) is 10.1. The second-order valence-corrected chi connectivity index (χ2v) is 3.38. The molecule has 15 heavy (non-hydrogen) atoms. The Hall–Kier alpha value is -1.39. The number of methoxy groups -OCH3 is 1. The van der Waals surface area contributed by atoms with Crippen LogP contribution in [0.15, 0.2) is 24.3 Å². The molecule has 0 bridgehead atoms. The molecule has 1 aromatic carbocycles. The number of hydrogen-bond donors (Lipinski definition) is 1. The van der Waals surface area contributed by atoms with Gasteiger partial charge in [0.15, 0.2) is 0 Å². The van der Waals surface area contributed by atoms with Gasteiger partial charge >= 0.3 is 5.91 Å². The highest BCUT2D eigenvalue weighted by Gasteiger charge is 2.05. The van der Waals surface area contributed by atoms with Crippen molar-refractivity contribution < 1.29 is 15.3 Å². The number of carbonyl (C=O) groups is 1. The zero-order chi connectivity index (χ0) is 11.3. The van der Waals surface area contributed by atoms with E-state index in [-0.39, 0.29) is 5.91 Å². The van der Waals surface area contributed by atoms with Crippen LogP contribution in [0.1, 0.15) is 10.4 Å². The van der Waals surface area contributed by atoms with Crippen LogP contribution in [0.4, 0.5) is 5.69 Å². The fourth-order valence-corrected chi connectivity index (χ4v) is 1.26. The van der Waals surface area contributed by atoms with E-state index in [1.54, 1.807) is 19.2 Å². The minimum Gasteiger partial charge on any atom is -0.383 e. The van der Waals surface area contributed by atoms with Crippen LogP contribution in [0.3, 0.4) is 0 Å². The van der Waals surface area contributed by atoms with Gasteiger partial charge in [-0.3, -0.25) is 5.73 Å². The smallest absolute Gasteiger partial charge is 0.340 e. The van der Waals surface area contributed by atoms with Crippen molar-refractivity contribution in [1.82, 2.24) is 0 Å². The summed E-state index contributed by atoms with van der Waals surface area (Å²) in [5.74, 6) is -0.152. The number of likely N-dealkylation sites (N-methyl/N-ethyl adjacent to an activating group) is 1. The van der Waals surface area contributed by atoms with Gasteiger partial charge in [0.25, 0.3) is 0 Å². The van der Waals surface area contributed by atoms with Gasteiger partial charge in [-0.05, 0) is 24.3 Å². The van der Waals surface area contributed by atoms with E-state index < -0.39 is 0 Å². The fourth-order valence-electron chi connectivity index (χ4n) is 1.26. The summed E-state index contributed by atoms with van der Waals surface area (Å²) in [6.07, 6.45) is 0. The van der Waals surface area contributed by atoms with E-state index in [4.69, 9.17) is 4.74 Å². The third-order valence-electron chi connectivity index (χ3n) is 2.26. The highest BCUT2D eigenvalue weighted by molar-refractivity contribution is 5.86. The van der Waals surface area contributed by atoms with Gasteiger partial charge in [-0.2, -0.15) is 0 Å². The number of ether oxygens (including phenoxy) is 1. The largest absolute Gasteiger partial charge is 0.383 e. The van der Waals surface area contributed by atoms with Crippen molar-refractivity contribution in [2.75, 3.05) is 32.2 Å². The van der Waals surface area contributed by atoms with Gasteiger partial charge in [0.2, 0.25) is 0 Å². The van der Waals surface area contributed by atoms with Crippen LogP contribution in [0.5, 0.6) is 0 Å². The number of amides is 1. The lowest BCUT2D eigenvalue weighted by Gasteiger charge is -2.18. The van der Waals surface area contributed by atoms with E-state index in [9.17, 15) is 4.79 Å². The summed E-state index contributed by atoms with van der Waals surface area (Å²) >= 11 is 0. The first-order chi connectivity index (χ1) is 7.15. The SMILES string of the molecule is COCCN(C)c1ccc(C([NH3+])=O)cc1. The molecule has 0 heterocycles. The van der Waals surface area contributed by atoms with Crippen LogP contribution in [0.2, 0.25) is 0 Å². The number of carbonyl (C=O) groups excluding carboxylic acids is 1. The summed E-state index contributed by atoms with van der Waals surface area (Å²) in [6, 6.07) is 7.39. The lowest BCUT2D eigenvalue weighted by atomic mass is 10.2. The standard InChI is InChI=1S/C11H16N2O2/c1-13(7-8-15-2)10-5-3-9(4-6-10)11(12)14/h3-6H,7-8H2,1-2H3,(H2,12,14)/p+1. The second-order valence-electron chi connectivity index (χ2n) is 3.38. The van der Waals surface area contributed by atoms with E-state index in [0.29, 0.717) is 12.2 Å². The predicted octanol–water partition coefficient (Wildman–Crippen LogP) is 0.151. The van der Waals surface area contributed by atoms with Crippen LogP contribution in [-0.4, -0.2) is 33.2 Å². The maximum absolute atomic E-state index is 11.0. The van der Waals surface area contributed by atoms with E-state index in [1.165, 1.54) is 0 Å². The summed E-state index contributed by atoms with van der Waals surface area (Å²) in [5, 5.41) is 0. The highest BCUT2D eigenvalue weighted by Crippen LogP contribution is 2.12. The zero-order valence-corrected chi connectivity index (χ0v) is 9.19. The molecule has 0 unspecified atom stereocenters. The van der Waals surface area contributed by atoms with E-state index in [2.05, 4.69) is 10.6 Å². The van der Waals surface area contributed by atoms with Crippen molar-refractivity contribution in [3.05, 3.63) is 29.8 Å². The highest BCUT2D eigenvalue weighted by atomic mass is 16.5. The Morgan fingerprint density at radius 1 is 1.40 bits per heavy atom. The Bertz CT molecular complexity index is 322. The summed E-state index contributed by atoms with van der Waals surface area (Å²) in [7, 11) is 3.67. The number of hydrogen-bond acceptors (Lipinski definition) is 3. The quantitative estimate of drug-likeness (QED) is 0.751. The number of anilines is 1. The average Bonchev–Trinajstić information content (AvgIpc) is 2.26. The van der Waals surface area contributed by atoms with Gasteiger partial charge in [0, 0.05) is 26.4 Å². The van der Waals surface area contributed by atoms with Gasteiger partial charge in [0.05, 0.1) is 12.2 Å². The van der Waals surface area contributed by atoms with Crippen LogP contribution in [0.25, 0.3) is 0 Å². The summed E-state index contributed by atoms with van der Waals surface area (Å²) < 4.78 is 4.99. The molecule has 0 atom stereocenters. The van der Waals surface area contributed by atoms with Gasteiger partial charge < -0.3 is 9.64 Å². The van der Waals surface area contributed by atoms with Crippen molar-refractivity contribution in [2.45, 2.75) is 0 Å². The molecule has 0 radical (unpaired) electrons. The number of quaternary nitrogens is 1. The minimum atomic E-state index is -0.152. The van der Waals surface area contributed by atoms with Gasteiger partial charge in [-0.1, -0.05) is 0 Å². The average molecular weight is 209 g/mol. The molecule has 1 rings (SSSR count). The Morgan fingerprint density at radius 3 is 2.47 bits per heavy atom. The Balaban J connectivity index is 2.66. The maximum Gasteiger partial charge on any atom is 0.340 e. The molecular formula is C11H17N2O2+. The van der Waals surface area contributed by atoms with Crippen molar-refractivity contribution in [3.63, 3.8) is 0 Å². The van der Waals surface area contributed by atoms with Gasteiger partial charge in [-0.25, -0.2) is 4.79 Å². The Morgan fingerprint density at radius 2 is 2.00 bits per heavy atom. The van der Waals surface area contributed by atoms with Crippen LogP contribution in [-0.2, 0) is 4.74 Å². The monoisotopic (exact) mass is 209 g/mol. The minimum absolute atomic E-state index is 0.152. The molecule has 0 aromatic heterocycles. The molecule has 82 valence electrons. The predicted molar refractivity (Wildman–Crippen MR) is 58.8 cm³/mol. The van der Waals surface area contributed by atoms with Crippen molar-refractivity contribution in [2.24, 2.45) is 0 Å². The molecule has 1 aromatic rings. The van der Waals surface area contributed by atoms with Crippen molar-refractivity contribution >= 4 is 11.6 Å². The summed E-state index contributed by atoms with van der Waals surface area (Å²) in [4.78, 5) is 13.0. The molecule has 0 saturated carbocycles. The molecule has 0 fully saturated rings. The molecule has 1 amide bonds. The van der Waals surface area contributed by atoms with Crippen molar-refractivity contribution in [3.8, 4) is 0 Å². The Labute approximate surface area is 89.6 Å². The van der Waals surface area contributed by atoms with Gasteiger partial charge in [-0.15, -0.1) is 0 Å². The molecule has 0 aliphatic carbocycles. The summed E-state index contributed by atoms with van der Waals surface area (Å²) in [6.45, 7) is 1.51. The van der Waals surface area contributed by atoms with Crippen LogP contribution in [0, 0.1) is 0 Å². The third-order valence-corrected chi connectivity index (χ3v) is 2.26. The molecule has 4 nitrogen and oxygen atoms in total. The summed E-state index contributed by atoms with van der Waals surface area (Å²) in [5.41, 5.74) is 5.06. The number of nitrogens with zero attached hydrogens (tertiary/aromatic N) is 1. The zero-order valence-electron chi connectivity index (χ0n) is 9.19. The van der Waals surface area contributed by atoms with Gasteiger partial charge in [0.1, 0.15) is 0 Å². The van der Waals surface area contributed by atoms with E-state index in [1.807, 2.05) is 19.2 Å². The first kappa shape index (κ1) is 11.7. The molecular weight excluding hydrogens is 192 g/mol. The fraction of sp³-hybridized carbons (Fsp3) is 0.364. The molecule has 0 aliphatic rings. The lowest BCUT2D eigenvalue weighted by molar-refractivity contribution is -0.255. The molecule has 0 aliphatic heterocycles. The first-order valence-corrected chi connectivity index (χ1v) is 4.81. The maximum atomic E-state index is 11.0. The first-order valence-electron chi connectivity index (χ1n) is 4.81. The topological polar surface area (TPSA) is 57.2 Å². The van der Waals surface area contributed by atoms with E-state index >= 15 is 0 Å². The molecule has 0 saturated heterocycles. The van der Waals surface area contributed by atoms with Crippen LogP contribution >= 0.6 is 0 Å². The van der Waals surface area contributed by atoms with Crippen LogP contribution < -0.4 is 10.6 Å². The molecule has 0 spiro atoms. The molecule has 4 heteroatoms. The Kier molecular flexibility index (Phi) is 4.27. The number of rotatable bonds is 5. The lowest BCUT2D eigenvalue weighted by Crippen LogP contribution is -2.56. The second kappa shape index (κ2) is 5.48.